The van der Waals surface area contributed by atoms with Crippen LogP contribution in [0.3, 0.4) is 0 Å². The van der Waals surface area contributed by atoms with Gasteiger partial charge in [-0.05, 0) is 49.6 Å². The summed E-state index contributed by atoms with van der Waals surface area (Å²) in [5, 5.41) is 0.189. The molecule has 4 rings (SSSR count). The monoisotopic (exact) mass is 469 g/mol. The van der Waals surface area contributed by atoms with Crippen molar-refractivity contribution in [2.45, 2.75) is 32.1 Å². The van der Waals surface area contributed by atoms with Crippen LogP contribution in [0.4, 0.5) is 8.78 Å². The van der Waals surface area contributed by atoms with Gasteiger partial charge in [0, 0.05) is 37.4 Å². The summed E-state index contributed by atoms with van der Waals surface area (Å²) in [5.41, 5.74) is -0.0817. The van der Waals surface area contributed by atoms with Gasteiger partial charge in [-0.25, -0.2) is 13.8 Å². The number of para-hydroxylation sites is 1. The SMILES string of the molecule is COc1ccc(C(=O)C2CCN(C(=O)CCCc3nc4c(F)cccc4c(=O)[nH]3)CC2)cc1F. The Hall–Kier alpha value is -3.62. The number of benzene rings is 2. The molecule has 34 heavy (non-hydrogen) atoms. The number of nitrogens with zero attached hydrogens (tertiary/aromatic N) is 2. The van der Waals surface area contributed by atoms with Crippen molar-refractivity contribution in [1.29, 1.82) is 0 Å². The molecule has 0 atom stereocenters. The van der Waals surface area contributed by atoms with Crippen molar-refractivity contribution in [3.8, 4) is 5.75 Å². The van der Waals surface area contributed by atoms with Crippen LogP contribution in [-0.2, 0) is 11.2 Å². The Labute approximate surface area is 194 Å². The van der Waals surface area contributed by atoms with Gasteiger partial charge in [-0.3, -0.25) is 14.4 Å². The van der Waals surface area contributed by atoms with Gasteiger partial charge in [0.15, 0.2) is 17.3 Å². The van der Waals surface area contributed by atoms with E-state index >= 15 is 0 Å². The molecule has 0 aliphatic carbocycles. The zero-order valence-corrected chi connectivity index (χ0v) is 18.8. The molecule has 0 spiro atoms. The number of Topliss-reactive ketones (excluding diaryl/α,β-unsaturated/α-hetero) is 1. The molecule has 1 saturated heterocycles. The average molecular weight is 469 g/mol. The Morgan fingerprint density at radius 2 is 1.91 bits per heavy atom. The number of H-pyrrole nitrogens is 1. The molecule has 3 aromatic rings. The molecular formula is C25H25F2N3O4. The van der Waals surface area contributed by atoms with Crippen LogP contribution in [0, 0.1) is 17.6 Å². The standard InChI is InChI=1S/C25H25F2N3O4/c1-34-20-9-8-16(14-19(20)27)24(32)15-10-12-30(13-11-15)22(31)7-3-6-21-28-23-17(25(33)29-21)4-2-5-18(23)26/h2,4-5,8-9,14-15H,3,6-7,10-13H2,1H3,(H,28,29,33). The second-order valence-electron chi connectivity index (χ2n) is 8.37. The van der Waals surface area contributed by atoms with E-state index in [9.17, 15) is 23.2 Å². The minimum Gasteiger partial charge on any atom is -0.494 e. The van der Waals surface area contributed by atoms with Crippen LogP contribution in [0.15, 0.2) is 41.2 Å². The lowest BCUT2D eigenvalue weighted by atomic mass is 9.88. The first-order valence-corrected chi connectivity index (χ1v) is 11.2. The van der Waals surface area contributed by atoms with Crippen LogP contribution < -0.4 is 10.3 Å². The number of rotatable bonds is 7. The number of carbonyl (C=O) groups excluding carboxylic acids is 2. The molecular weight excluding hydrogens is 444 g/mol. The summed E-state index contributed by atoms with van der Waals surface area (Å²) in [4.78, 5) is 46.0. The van der Waals surface area contributed by atoms with E-state index in [2.05, 4.69) is 9.97 Å². The number of ketones is 1. The Kier molecular flexibility index (Phi) is 7.00. The summed E-state index contributed by atoms with van der Waals surface area (Å²) >= 11 is 0. The van der Waals surface area contributed by atoms with Crippen molar-refractivity contribution in [3.63, 3.8) is 0 Å². The largest absolute Gasteiger partial charge is 0.494 e. The molecule has 1 amide bonds. The molecule has 0 unspecified atom stereocenters. The van der Waals surface area contributed by atoms with Crippen LogP contribution in [0.2, 0.25) is 0 Å². The van der Waals surface area contributed by atoms with Crippen molar-refractivity contribution in [2.75, 3.05) is 20.2 Å². The van der Waals surface area contributed by atoms with E-state index in [0.717, 1.165) is 0 Å². The number of hydrogen-bond acceptors (Lipinski definition) is 5. The summed E-state index contributed by atoms with van der Waals surface area (Å²) in [6, 6.07) is 8.40. The van der Waals surface area contributed by atoms with E-state index in [4.69, 9.17) is 4.74 Å². The average Bonchev–Trinajstić information content (AvgIpc) is 2.84. The van der Waals surface area contributed by atoms with Gasteiger partial charge in [0.1, 0.15) is 17.2 Å². The van der Waals surface area contributed by atoms with Gasteiger partial charge in [-0.15, -0.1) is 0 Å². The predicted octanol–water partition coefficient (Wildman–Crippen LogP) is 3.65. The number of carbonyl (C=O) groups is 2. The van der Waals surface area contributed by atoms with E-state index in [0.29, 0.717) is 50.2 Å². The van der Waals surface area contributed by atoms with Crippen LogP contribution in [0.1, 0.15) is 41.9 Å². The highest BCUT2D eigenvalue weighted by Gasteiger charge is 2.28. The third kappa shape index (κ3) is 4.98. The van der Waals surface area contributed by atoms with Crippen molar-refractivity contribution < 1.29 is 23.1 Å². The maximum absolute atomic E-state index is 14.0. The molecule has 0 saturated carbocycles. The fourth-order valence-electron chi connectivity index (χ4n) is 4.30. The topological polar surface area (TPSA) is 92.4 Å². The number of likely N-dealkylation sites (tertiary alicyclic amines) is 1. The van der Waals surface area contributed by atoms with Gasteiger partial charge >= 0.3 is 0 Å². The van der Waals surface area contributed by atoms with Crippen molar-refractivity contribution >= 4 is 22.6 Å². The summed E-state index contributed by atoms with van der Waals surface area (Å²) in [5.74, 6) is -1.15. The van der Waals surface area contributed by atoms with Gasteiger partial charge in [0.2, 0.25) is 5.91 Å². The van der Waals surface area contributed by atoms with Crippen molar-refractivity contribution in [1.82, 2.24) is 14.9 Å². The third-order valence-electron chi connectivity index (χ3n) is 6.19. The summed E-state index contributed by atoms with van der Waals surface area (Å²) < 4.78 is 32.8. The summed E-state index contributed by atoms with van der Waals surface area (Å²) in [6.07, 6.45) is 2.06. The first kappa shape index (κ1) is 23.5. The predicted molar refractivity (Wildman–Crippen MR) is 122 cm³/mol. The number of amides is 1. The highest BCUT2D eigenvalue weighted by molar-refractivity contribution is 5.98. The Morgan fingerprint density at radius 1 is 1.15 bits per heavy atom. The minimum atomic E-state index is -0.578. The smallest absolute Gasteiger partial charge is 0.258 e. The molecule has 178 valence electrons. The van der Waals surface area contributed by atoms with Gasteiger partial charge < -0.3 is 14.6 Å². The molecule has 1 aliphatic heterocycles. The van der Waals surface area contributed by atoms with Crippen molar-refractivity contribution in [2.24, 2.45) is 5.92 Å². The second kappa shape index (κ2) is 10.1. The van der Waals surface area contributed by atoms with Crippen LogP contribution in [-0.4, -0.2) is 46.8 Å². The molecule has 7 nitrogen and oxygen atoms in total. The van der Waals surface area contributed by atoms with E-state index in [1.807, 2.05) is 0 Å². The summed E-state index contributed by atoms with van der Waals surface area (Å²) in [7, 11) is 1.37. The molecule has 9 heteroatoms. The highest BCUT2D eigenvalue weighted by atomic mass is 19.1. The number of halogens is 2. The number of nitrogens with one attached hydrogen (secondary N) is 1. The maximum atomic E-state index is 14.0. The highest BCUT2D eigenvalue weighted by Crippen LogP contribution is 2.25. The van der Waals surface area contributed by atoms with E-state index < -0.39 is 17.2 Å². The van der Waals surface area contributed by atoms with Gasteiger partial charge in [0.25, 0.3) is 5.56 Å². The molecule has 1 N–H and O–H groups in total. The van der Waals surface area contributed by atoms with E-state index in [1.165, 1.54) is 37.4 Å². The molecule has 2 aromatic carbocycles. The minimum absolute atomic E-state index is 0.0241. The number of aryl methyl sites for hydroxylation is 1. The molecule has 1 fully saturated rings. The zero-order chi connectivity index (χ0) is 24.2. The van der Waals surface area contributed by atoms with Crippen molar-refractivity contribution in [3.05, 3.63) is 69.8 Å². The van der Waals surface area contributed by atoms with Crippen LogP contribution in [0.5, 0.6) is 5.75 Å². The zero-order valence-electron chi connectivity index (χ0n) is 18.8. The number of hydrogen-bond donors (Lipinski definition) is 1. The quantitative estimate of drug-likeness (QED) is 0.534. The molecule has 2 heterocycles. The second-order valence-corrected chi connectivity index (χ2v) is 8.37. The van der Waals surface area contributed by atoms with Crippen LogP contribution in [0.25, 0.3) is 10.9 Å². The number of ether oxygens (including phenoxy) is 1. The fourth-order valence-corrected chi connectivity index (χ4v) is 4.30. The maximum Gasteiger partial charge on any atom is 0.258 e. The lowest BCUT2D eigenvalue weighted by molar-refractivity contribution is -0.132. The molecule has 0 bridgehead atoms. The number of aromatic amines is 1. The molecule has 1 aromatic heterocycles. The van der Waals surface area contributed by atoms with E-state index in [-0.39, 0.29) is 40.7 Å². The van der Waals surface area contributed by atoms with Gasteiger partial charge in [-0.1, -0.05) is 6.07 Å². The normalized spacial score (nSPS) is 14.4. The van der Waals surface area contributed by atoms with Crippen LogP contribution >= 0.6 is 0 Å². The lowest BCUT2D eigenvalue weighted by Crippen LogP contribution is -2.40. The van der Waals surface area contributed by atoms with Gasteiger partial charge in [0.05, 0.1) is 12.5 Å². The lowest BCUT2D eigenvalue weighted by Gasteiger charge is -2.31. The number of methoxy groups -OCH3 is 1. The first-order valence-electron chi connectivity index (χ1n) is 11.2. The molecule has 1 aliphatic rings. The van der Waals surface area contributed by atoms with E-state index in [1.54, 1.807) is 11.0 Å². The Morgan fingerprint density at radius 3 is 2.62 bits per heavy atom. The Bertz CT molecular complexity index is 1280. The number of fused-ring (bicyclic) bond motifs is 1. The van der Waals surface area contributed by atoms with Gasteiger partial charge in [-0.2, -0.15) is 0 Å². The number of aromatic nitrogens is 2. The number of piperidine rings is 1. The molecule has 0 radical (unpaired) electrons. The summed E-state index contributed by atoms with van der Waals surface area (Å²) in [6.45, 7) is 0.897. The third-order valence-corrected chi connectivity index (χ3v) is 6.19. The fraction of sp³-hybridized carbons (Fsp3) is 0.360. The first-order chi connectivity index (χ1) is 16.4. The Balaban J connectivity index is 1.28.